The van der Waals surface area contributed by atoms with Crippen LogP contribution in [0.4, 0.5) is 4.79 Å². The topological polar surface area (TPSA) is 67.0 Å². The average molecular weight is 402 g/mol. The van der Waals surface area contributed by atoms with Crippen LogP contribution in [0.3, 0.4) is 0 Å². The molecule has 0 aliphatic carbocycles. The van der Waals surface area contributed by atoms with Gasteiger partial charge in [-0.1, -0.05) is 36.4 Å². The van der Waals surface area contributed by atoms with Crippen LogP contribution < -0.4 is 5.32 Å². The lowest BCUT2D eigenvalue weighted by Crippen LogP contribution is -2.31. The predicted octanol–water partition coefficient (Wildman–Crippen LogP) is 4.77. The molecule has 2 heterocycles. The van der Waals surface area contributed by atoms with Crippen molar-refractivity contribution in [1.29, 1.82) is 5.26 Å². The number of fused-ring (bicyclic) bond motifs is 1. The van der Waals surface area contributed by atoms with Crippen LogP contribution >= 0.6 is 0 Å². The molecule has 5 nitrogen and oxygen atoms in total. The van der Waals surface area contributed by atoms with Gasteiger partial charge in [0.1, 0.15) is 17.4 Å². The maximum absolute atomic E-state index is 12.7. The van der Waals surface area contributed by atoms with Crippen LogP contribution in [0.1, 0.15) is 44.0 Å². The first-order valence-electron chi connectivity index (χ1n) is 10.4. The summed E-state index contributed by atoms with van der Waals surface area (Å²) in [5.41, 5.74) is 2.90. The zero-order valence-electron chi connectivity index (χ0n) is 17.7. The molecular weight excluding hydrogens is 374 g/mol. The third kappa shape index (κ3) is 3.83. The van der Waals surface area contributed by atoms with Crippen molar-refractivity contribution >= 4 is 17.0 Å². The van der Waals surface area contributed by atoms with Gasteiger partial charge in [0.25, 0.3) is 0 Å². The highest BCUT2D eigenvalue weighted by molar-refractivity contribution is 5.92. The van der Waals surface area contributed by atoms with E-state index < -0.39 is 11.7 Å². The van der Waals surface area contributed by atoms with E-state index >= 15 is 0 Å². The summed E-state index contributed by atoms with van der Waals surface area (Å²) in [7, 11) is 0. The van der Waals surface area contributed by atoms with E-state index in [1.807, 2.05) is 32.9 Å². The van der Waals surface area contributed by atoms with Crippen molar-refractivity contribution in [3.05, 3.63) is 71.4 Å². The van der Waals surface area contributed by atoms with Gasteiger partial charge in [-0.15, -0.1) is 0 Å². The molecule has 1 aliphatic heterocycles. The summed E-state index contributed by atoms with van der Waals surface area (Å²) in [6, 6.07) is 20.6. The van der Waals surface area contributed by atoms with E-state index in [4.69, 9.17) is 4.74 Å². The Morgan fingerprint density at radius 1 is 1.20 bits per heavy atom. The van der Waals surface area contributed by atoms with Crippen molar-refractivity contribution in [1.82, 2.24) is 9.88 Å². The van der Waals surface area contributed by atoms with E-state index in [-0.39, 0.29) is 11.1 Å². The zero-order chi connectivity index (χ0) is 21.4. The monoisotopic (exact) mass is 401 g/mol. The standard InChI is InChI=1S/C25H27N3O2/c1-24(2,3)30-23(29)28-21(16-26)14-19-13-20(9-10-22(19)28)25(11-12-27-17-25)15-18-7-5-4-6-8-18/h4-10,13-14,27H,11-12,15,17H2,1-3H3. The van der Waals surface area contributed by atoms with Crippen molar-refractivity contribution in [3.63, 3.8) is 0 Å². The Morgan fingerprint density at radius 3 is 2.60 bits per heavy atom. The number of benzene rings is 2. The van der Waals surface area contributed by atoms with Crippen LogP contribution in [0, 0.1) is 11.3 Å². The van der Waals surface area contributed by atoms with Gasteiger partial charge in [-0.2, -0.15) is 5.26 Å². The fourth-order valence-corrected chi connectivity index (χ4v) is 4.36. The van der Waals surface area contributed by atoms with E-state index in [9.17, 15) is 10.1 Å². The van der Waals surface area contributed by atoms with E-state index in [0.29, 0.717) is 5.52 Å². The Kier molecular flexibility index (Phi) is 5.13. The molecule has 0 spiro atoms. The quantitative estimate of drug-likeness (QED) is 0.686. The van der Waals surface area contributed by atoms with Crippen LogP contribution in [0.5, 0.6) is 0 Å². The molecule has 2 aromatic carbocycles. The summed E-state index contributed by atoms with van der Waals surface area (Å²) in [6.45, 7) is 7.35. The Morgan fingerprint density at radius 2 is 1.97 bits per heavy atom. The molecule has 0 radical (unpaired) electrons. The van der Waals surface area contributed by atoms with Gasteiger partial charge in [0.15, 0.2) is 0 Å². The first kappa shape index (κ1) is 20.2. The molecule has 0 amide bonds. The summed E-state index contributed by atoms with van der Waals surface area (Å²) >= 11 is 0. The van der Waals surface area contributed by atoms with Crippen molar-refractivity contribution in [2.45, 2.75) is 44.6 Å². The van der Waals surface area contributed by atoms with E-state index in [1.54, 1.807) is 6.07 Å². The lowest BCUT2D eigenvalue weighted by Gasteiger charge is -2.29. The van der Waals surface area contributed by atoms with Crippen molar-refractivity contribution in [3.8, 4) is 6.07 Å². The van der Waals surface area contributed by atoms with Crippen molar-refractivity contribution in [2.24, 2.45) is 0 Å². The number of nitriles is 1. The van der Waals surface area contributed by atoms with E-state index in [0.717, 1.165) is 31.3 Å². The fraction of sp³-hybridized carbons (Fsp3) is 0.360. The second-order valence-corrected chi connectivity index (χ2v) is 9.10. The minimum Gasteiger partial charge on any atom is -0.443 e. The minimum absolute atomic E-state index is 0.00360. The molecule has 1 atom stereocenters. The van der Waals surface area contributed by atoms with Crippen LogP contribution in [-0.4, -0.2) is 29.4 Å². The smallest absolute Gasteiger partial charge is 0.420 e. The fourth-order valence-electron chi connectivity index (χ4n) is 4.36. The summed E-state index contributed by atoms with van der Waals surface area (Å²) in [5.74, 6) is 0. The van der Waals surface area contributed by atoms with Gasteiger partial charge in [-0.3, -0.25) is 0 Å². The molecule has 1 unspecified atom stereocenters. The number of rotatable bonds is 3. The molecule has 1 saturated heterocycles. The number of aromatic nitrogens is 1. The number of nitrogens with zero attached hydrogens (tertiary/aromatic N) is 2. The molecule has 1 aliphatic rings. The third-order valence-electron chi connectivity index (χ3n) is 5.73. The predicted molar refractivity (Wildman–Crippen MR) is 118 cm³/mol. The van der Waals surface area contributed by atoms with Gasteiger partial charge in [0, 0.05) is 17.3 Å². The van der Waals surface area contributed by atoms with Crippen molar-refractivity contribution in [2.75, 3.05) is 13.1 Å². The van der Waals surface area contributed by atoms with Gasteiger partial charge in [-0.05, 0) is 69.5 Å². The Balaban J connectivity index is 1.76. The molecule has 30 heavy (non-hydrogen) atoms. The highest BCUT2D eigenvalue weighted by Crippen LogP contribution is 2.36. The van der Waals surface area contributed by atoms with Gasteiger partial charge in [-0.25, -0.2) is 9.36 Å². The van der Waals surface area contributed by atoms with Crippen LogP contribution in [0.2, 0.25) is 0 Å². The van der Waals surface area contributed by atoms with Gasteiger partial charge >= 0.3 is 6.09 Å². The highest BCUT2D eigenvalue weighted by atomic mass is 16.6. The Hall–Kier alpha value is -3.10. The normalized spacial score (nSPS) is 19.0. The molecule has 3 aromatic rings. The van der Waals surface area contributed by atoms with Gasteiger partial charge in [0.2, 0.25) is 0 Å². The molecule has 0 bridgehead atoms. The first-order chi connectivity index (χ1) is 14.3. The van der Waals surface area contributed by atoms with Crippen LogP contribution in [0.25, 0.3) is 10.9 Å². The maximum atomic E-state index is 12.7. The van der Waals surface area contributed by atoms with Crippen molar-refractivity contribution < 1.29 is 9.53 Å². The number of nitrogens with one attached hydrogen (secondary N) is 1. The molecule has 1 fully saturated rings. The highest BCUT2D eigenvalue weighted by Gasteiger charge is 2.36. The molecular formula is C25H27N3O2. The lowest BCUT2D eigenvalue weighted by atomic mass is 9.74. The number of hydrogen-bond donors (Lipinski definition) is 1. The Bertz CT molecular complexity index is 1110. The Labute approximate surface area is 177 Å². The number of carbonyl (C=O) groups excluding carboxylic acids is 1. The number of carbonyl (C=O) groups is 1. The molecule has 0 saturated carbocycles. The third-order valence-corrected chi connectivity index (χ3v) is 5.73. The minimum atomic E-state index is -0.629. The summed E-state index contributed by atoms with van der Waals surface area (Å²) in [4.78, 5) is 12.7. The van der Waals surface area contributed by atoms with Crippen LogP contribution in [-0.2, 0) is 16.6 Å². The molecule has 1 N–H and O–H groups in total. The second kappa shape index (κ2) is 7.62. The molecule has 154 valence electrons. The zero-order valence-corrected chi connectivity index (χ0v) is 17.7. The summed E-state index contributed by atoms with van der Waals surface area (Å²) < 4.78 is 6.90. The van der Waals surface area contributed by atoms with Gasteiger partial charge in [0.05, 0.1) is 5.52 Å². The molecule has 4 rings (SSSR count). The largest absolute Gasteiger partial charge is 0.443 e. The van der Waals surface area contributed by atoms with E-state index in [2.05, 4.69) is 47.8 Å². The van der Waals surface area contributed by atoms with Gasteiger partial charge < -0.3 is 10.1 Å². The SMILES string of the molecule is CC(C)(C)OC(=O)n1c(C#N)cc2cc(C3(Cc4ccccc4)CCNC3)ccc21. The number of ether oxygens (including phenoxy) is 1. The van der Waals surface area contributed by atoms with E-state index in [1.165, 1.54) is 15.7 Å². The molecule has 5 heteroatoms. The van der Waals surface area contributed by atoms with Crippen LogP contribution in [0.15, 0.2) is 54.6 Å². The second-order valence-electron chi connectivity index (χ2n) is 9.10. The number of hydrogen-bond acceptors (Lipinski definition) is 4. The molecule has 1 aromatic heterocycles. The maximum Gasteiger partial charge on any atom is 0.420 e. The lowest BCUT2D eigenvalue weighted by molar-refractivity contribution is 0.0543. The first-order valence-corrected chi connectivity index (χ1v) is 10.4. The average Bonchev–Trinajstić information content (AvgIpc) is 3.31. The summed E-state index contributed by atoms with van der Waals surface area (Å²) in [5, 5.41) is 14.0. The summed E-state index contributed by atoms with van der Waals surface area (Å²) in [6.07, 6.45) is 1.47.